The minimum absolute atomic E-state index is 0.0589. The van der Waals surface area contributed by atoms with Gasteiger partial charge < -0.3 is 0 Å². The number of thioether (sulfide) groups is 1. The number of pyridine rings is 1. The molecule has 160 valence electrons. The summed E-state index contributed by atoms with van der Waals surface area (Å²) in [6, 6.07) is 13.0. The van der Waals surface area contributed by atoms with Gasteiger partial charge in [-0.2, -0.15) is 0 Å². The number of aromatic nitrogens is 5. The molecule has 0 radical (unpaired) electrons. The quantitative estimate of drug-likeness (QED) is 0.407. The van der Waals surface area contributed by atoms with Gasteiger partial charge in [-0.05, 0) is 63.8 Å². The van der Waals surface area contributed by atoms with Crippen LogP contribution < -0.4 is 5.56 Å². The summed E-state index contributed by atoms with van der Waals surface area (Å²) in [5, 5.41) is 10.3. The van der Waals surface area contributed by atoms with Crippen molar-refractivity contribution < 1.29 is 0 Å². The first-order valence-electron chi connectivity index (χ1n) is 9.83. The third kappa shape index (κ3) is 4.37. The van der Waals surface area contributed by atoms with Gasteiger partial charge in [-0.15, -0.1) is 10.2 Å². The fraction of sp³-hybridized carbons (Fsp3) is 0.273. The van der Waals surface area contributed by atoms with E-state index >= 15 is 0 Å². The Morgan fingerprint density at radius 3 is 2.61 bits per heavy atom. The van der Waals surface area contributed by atoms with Crippen LogP contribution in [0.15, 0.2) is 58.6 Å². The first-order chi connectivity index (χ1) is 14.8. The molecule has 31 heavy (non-hydrogen) atoms. The molecular formula is C22H23ClN6OS. The maximum absolute atomic E-state index is 12.5. The van der Waals surface area contributed by atoms with E-state index in [2.05, 4.69) is 22.0 Å². The largest absolute Gasteiger partial charge is 0.300 e. The van der Waals surface area contributed by atoms with Crippen LogP contribution in [-0.2, 0) is 5.75 Å². The topological polar surface area (TPSA) is 68.3 Å². The van der Waals surface area contributed by atoms with Crippen molar-refractivity contribution in [2.45, 2.75) is 30.8 Å². The molecule has 0 saturated heterocycles. The van der Waals surface area contributed by atoms with Gasteiger partial charge in [0.2, 0.25) is 0 Å². The summed E-state index contributed by atoms with van der Waals surface area (Å²) < 4.78 is 3.60. The number of hydrogen-bond donors (Lipinski definition) is 0. The van der Waals surface area contributed by atoms with Crippen LogP contribution in [0.5, 0.6) is 0 Å². The van der Waals surface area contributed by atoms with Crippen LogP contribution in [0.4, 0.5) is 0 Å². The van der Waals surface area contributed by atoms with Gasteiger partial charge in [0.15, 0.2) is 11.0 Å². The molecule has 4 aromatic rings. The average molecular weight is 455 g/mol. The SMILES string of the molecule is Cc1cccn2c(=O)cc(CSc3nnc([C@@H](C)N(C)C)n3-c3ccc(Cl)cc3)nc12. The zero-order valence-corrected chi connectivity index (χ0v) is 19.4. The molecule has 0 bridgehead atoms. The van der Waals surface area contributed by atoms with Crippen LogP contribution in [0.1, 0.15) is 30.0 Å². The number of aryl methyl sites for hydroxylation is 1. The van der Waals surface area contributed by atoms with Crippen molar-refractivity contribution in [2.75, 3.05) is 14.1 Å². The predicted octanol–water partition coefficient (Wildman–Crippen LogP) is 4.15. The molecule has 3 aromatic heterocycles. The number of nitrogens with zero attached hydrogens (tertiary/aromatic N) is 6. The maximum Gasteiger partial charge on any atom is 0.258 e. The molecule has 7 nitrogen and oxygen atoms in total. The Labute approximate surface area is 189 Å². The van der Waals surface area contributed by atoms with Crippen LogP contribution >= 0.6 is 23.4 Å². The van der Waals surface area contributed by atoms with Crippen LogP contribution in [0, 0.1) is 6.92 Å². The molecule has 1 aromatic carbocycles. The van der Waals surface area contributed by atoms with Crippen molar-refractivity contribution >= 4 is 29.0 Å². The second-order valence-electron chi connectivity index (χ2n) is 7.55. The molecular weight excluding hydrogens is 432 g/mol. The van der Waals surface area contributed by atoms with E-state index in [-0.39, 0.29) is 11.6 Å². The van der Waals surface area contributed by atoms with Gasteiger partial charge >= 0.3 is 0 Å². The molecule has 0 aliphatic rings. The number of rotatable bonds is 6. The van der Waals surface area contributed by atoms with E-state index in [0.29, 0.717) is 22.1 Å². The van der Waals surface area contributed by atoms with Crippen molar-refractivity contribution in [3.05, 3.63) is 81.1 Å². The highest BCUT2D eigenvalue weighted by molar-refractivity contribution is 7.98. The Morgan fingerprint density at radius 1 is 1.16 bits per heavy atom. The molecule has 0 saturated carbocycles. The highest BCUT2D eigenvalue weighted by atomic mass is 35.5. The molecule has 0 amide bonds. The Kier molecular flexibility index (Phi) is 6.13. The molecule has 9 heteroatoms. The second kappa shape index (κ2) is 8.82. The third-order valence-electron chi connectivity index (χ3n) is 5.18. The van der Waals surface area contributed by atoms with E-state index in [9.17, 15) is 4.79 Å². The molecule has 0 fully saturated rings. The summed E-state index contributed by atoms with van der Waals surface area (Å²) in [5.41, 5.74) is 3.18. The molecule has 4 rings (SSSR count). The van der Waals surface area contributed by atoms with Gasteiger partial charge in [-0.3, -0.25) is 18.7 Å². The van der Waals surface area contributed by atoms with E-state index in [0.717, 1.165) is 22.2 Å². The van der Waals surface area contributed by atoms with Crippen LogP contribution in [0.3, 0.4) is 0 Å². The highest BCUT2D eigenvalue weighted by Crippen LogP contribution is 2.29. The van der Waals surface area contributed by atoms with E-state index in [1.807, 2.05) is 62.0 Å². The molecule has 1 atom stereocenters. The lowest BCUT2D eigenvalue weighted by Crippen LogP contribution is -2.20. The van der Waals surface area contributed by atoms with Crippen molar-refractivity contribution in [2.24, 2.45) is 0 Å². The van der Waals surface area contributed by atoms with Gasteiger partial charge in [0.05, 0.1) is 11.7 Å². The van der Waals surface area contributed by atoms with Crippen molar-refractivity contribution in [3.63, 3.8) is 0 Å². The van der Waals surface area contributed by atoms with E-state index in [4.69, 9.17) is 16.6 Å². The molecule has 0 aliphatic heterocycles. The number of fused-ring (bicyclic) bond motifs is 1. The summed E-state index contributed by atoms with van der Waals surface area (Å²) in [7, 11) is 4.01. The van der Waals surface area contributed by atoms with Gasteiger partial charge in [0.25, 0.3) is 5.56 Å². The van der Waals surface area contributed by atoms with E-state index < -0.39 is 0 Å². The van der Waals surface area contributed by atoms with Gasteiger partial charge in [-0.25, -0.2) is 4.98 Å². The minimum atomic E-state index is -0.0922. The lowest BCUT2D eigenvalue weighted by Gasteiger charge is -2.20. The lowest BCUT2D eigenvalue weighted by atomic mass is 10.2. The smallest absolute Gasteiger partial charge is 0.258 e. The van der Waals surface area contributed by atoms with Crippen LogP contribution in [0.25, 0.3) is 11.3 Å². The number of benzene rings is 1. The number of hydrogen-bond acceptors (Lipinski definition) is 6. The van der Waals surface area contributed by atoms with Gasteiger partial charge in [0, 0.05) is 28.7 Å². The third-order valence-corrected chi connectivity index (χ3v) is 6.39. The van der Waals surface area contributed by atoms with Crippen LogP contribution in [0.2, 0.25) is 5.02 Å². The average Bonchev–Trinajstić information content (AvgIpc) is 3.17. The highest BCUT2D eigenvalue weighted by Gasteiger charge is 2.21. The first kappa shape index (κ1) is 21.5. The number of halogens is 1. The maximum atomic E-state index is 12.5. The summed E-state index contributed by atoms with van der Waals surface area (Å²) in [6.45, 7) is 4.03. The predicted molar refractivity (Wildman–Crippen MR) is 124 cm³/mol. The van der Waals surface area contributed by atoms with Crippen molar-refractivity contribution in [1.29, 1.82) is 0 Å². The lowest BCUT2D eigenvalue weighted by molar-refractivity contribution is 0.305. The Hall–Kier alpha value is -2.68. The normalized spacial score (nSPS) is 12.6. The zero-order chi connectivity index (χ0) is 22.1. The minimum Gasteiger partial charge on any atom is -0.300 e. The Morgan fingerprint density at radius 2 is 1.90 bits per heavy atom. The zero-order valence-electron chi connectivity index (χ0n) is 17.8. The monoisotopic (exact) mass is 454 g/mol. The van der Waals surface area contributed by atoms with E-state index in [1.165, 1.54) is 11.8 Å². The molecule has 0 aliphatic carbocycles. The van der Waals surface area contributed by atoms with Crippen molar-refractivity contribution in [3.8, 4) is 5.69 Å². The molecule has 0 spiro atoms. The summed E-state index contributed by atoms with van der Waals surface area (Å²) in [4.78, 5) is 19.3. The fourth-order valence-corrected chi connectivity index (χ4v) is 4.21. The first-order valence-corrected chi connectivity index (χ1v) is 11.2. The molecule has 0 N–H and O–H groups in total. The fourth-order valence-electron chi connectivity index (χ4n) is 3.23. The standard InChI is InChI=1S/C22H23ClN6OS/c1-14-6-5-11-28-19(30)12-17(24-20(14)28)13-31-22-26-25-21(15(2)27(3)4)29(22)18-9-7-16(23)8-10-18/h5-12,15H,13H2,1-4H3/t15-/m1/s1. The van der Waals surface area contributed by atoms with Gasteiger partial charge in [-0.1, -0.05) is 29.4 Å². The van der Waals surface area contributed by atoms with E-state index in [1.54, 1.807) is 16.7 Å². The summed E-state index contributed by atoms with van der Waals surface area (Å²) in [5.74, 6) is 1.33. The van der Waals surface area contributed by atoms with Gasteiger partial charge in [0.1, 0.15) is 5.65 Å². The molecule has 3 heterocycles. The van der Waals surface area contributed by atoms with Crippen LogP contribution in [-0.4, -0.2) is 43.1 Å². The Balaban J connectivity index is 1.70. The summed E-state index contributed by atoms with van der Waals surface area (Å²) in [6.07, 6.45) is 1.74. The van der Waals surface area contributed by atoms with Crippen molar-refractivity contribution in [1.82, 2.24) is 29.0 Å². The molecule has 0 unspecified atom stereocenters. The summed E-state index contributed by atoms with van der Waals surface area (Å²) >= 11 is 7.59. The second-order valence-corrected chi connectivity index (χ2v) is 8.93. The Bertz CT molecular complexity index is 1280.